The first-order valence-electron chi connectivity index (χ1n) is 7.35. The molecular formula is C15H18ClN3O3. The molecule has 0 amide bonds. The monoisotopic (exact) mass is 323 g/mol. The van der Waals surface area contributed by atoms with Crippen LogP contribution in [0, 0.1) is 5.92 Å². The van der Waals surface area contributed by atoms with Gasteiger partial charge in [0.2, 0.25) is 5.89 Å². The molecule has 1 aromatic heterocycles. The van der Waals surface area contributed by atoms with E-state index in [-0.39, 0.29) is 5.89 Å². The Kier molecular flexibility index (Phi) is 4.49. The maximum atomic E-state index is 11.0. The van der Waals surface area contributed by atoms with Crippen molar-refractivity contribution < 1.29 is 9.15 Å². The number of hydrogen-bond acceptors (Lipinski definition) is 5. The number of halogens is 1. The fourth-order valence-electron chi connectivity index (χ4n) is 2.66. The first kappa shape index (κ1) is 15.1. The van der Waals surface area contributed by atoms with Crippen LogP contribution in [0.15, 0.2) is 27.4 Å². The molecule has 3 N–H and O–H groups in total. The van der Waals surface area contributed by atoms with Gasteiger partial charge in [0.05, 0.1) is 11.6 Å². The summed E-state index contributed by atoms with van der Waals surface area (Å²) in [5.41, 5.74) is 6.55. The van der Waals surface area contributed by atoms with Crippen molar-refractivity contribution >= 4 is 11.6 Å². The Bertz CT molecular complexity index is 689. The Balaban J connectivity index is 1.69. The van der Waals surface area contributed by atoms with Gasteiger partial charge in [0, 0.05) is 11.6 Å². The number of H-pyrrole nitrogens is 1. The Labute approximate surface area is 132 Å². The zero-order valence-corrected chi connectivity index (χ0v) is 12.8. The van der Waals surface area contributed by atoms with E-state index in [1.807, 2.05) is 0 Å². The van der Waals surface area contributed by atoms with Crippen molar-refractivity contribution in [1.29, 1.82) is 0 Å². The van der Waals surface area contributed by atoms with Crippen LogP contribution >= 0.6 is 11.6 Å². The normalized spacial score (nSPS) is 21.7. The predicted octanol–water partition coefficient (Wildman–Crippen LogP) is 2.58. The lowest BCUT2D eigenvalue weighted by Gasteiger charge is -2.26. The average Bonchev–Trinajstić information content (AvgIpc) is 2.95. The molecule has 1 fully saturated rings. The number of nitrogens with zero attached hydrogens (tertiary/aromatic N) is 1. The second-order valence-corrected chi connectivity index (χ2v) is 6.06. The van der Waals surface area contributed by atoms with Crippen LogP contribution in [0.25, 0.3) is 11.5 Å². The van der Waals surface area contributed by atoms with Crippen molar-refractivity contribution in [2.24, 2.45) is 11.7 Å². The minimum Gasteiger partial charge on any atom is -0.492 e. The zero-order chi connectivity index (χ0) is 15.5. The fourth-order valence-corrected chi connectivity index (χ4v) is 2.83. The molecule has 0 bridgehead atoms. The van der Waals surface area contributed by atoms with Gasteiger partial charge in [0.25, 0.3) is 0 Å². The van der Waals surface area contributed by atoms with Gasteiger partial charge < -0.3 is 14.9 Å². The minimum absolute atomic E-state index is 0.218. The molecule has 7 heteroatoms. The number of hydrogen-bond donors (Lipinski definition) is 2. The summed E-state index contributed by atoms with van der Waals surface area (Å²) in [7, 11) is 0. The number of aromatic amines is 1. The number of ether oxygens (including phenoxy) is 1. The second-order valence-electron chi connectivity index (χ2n) is 5.66. The van der Waals surface area contributed by atoms with Crippen LogP contribution in [0.2, 0.25) is 5.02 Å². The molecule has 0 unspecified atom stereocenters. The van der Waals surface area contributed by atoms with Gasteiger partial charge in [0.1, 0.15) is 5.75 Å². The molecule has 118 valence electrons. The largest absolute Gasteiger partial charge is 0.492 e. The van der Waals surface area contributed by atoms with Crippen LogP contribution in [0.4, 0.5) is 0 Å². The van der Waals surface area contributed by atoms with E-state index in [1.165, 1.54) is 0 Å². The van der Waals surface area contributed by atoms with Crippen LogP contribution in [0.5, 0.6) is 5.75 Å². The summed E-state index contributed by atoms with van der Waals surface area (Å²) in [6, 6.07) is 5.49. The minimum atomic E-state index is -0.592. The van der Waals surface area contributed by atoms with Crippen LogP contribution < -0.4 is 16.2 Å². The summed E-state index contributed by atoms with van der Waals surface area (Å²) in [6.45, 7) is 0.612. The van der Waals surface area contributed by atoms with Gasteiger partial charge in [-0.05, 0) is 49.8 Å². The van der Waals surface area contributed by atoms with E-state index in [1.54, 1.807) is 18.2 Å². The SMILES string of the molecule is N[C@H]1CC[C@@H](COc2cc(-c3n[nH]c(=O)o3)ccc2Cl)CC1. The Morgan fingerprint density at radius 1 is 1.36 bits per heavy atom. The fraction of sp³-hybridized carbons (Fsp3) is 0.467. The molecule has 0 saturated heterocycles. The molecule has 1 aliphatic rings. The standard InChI is InChI=1S/C15H18ClN3O3/c16-12-6-3-10(14-18-19-15(20)22-14)7-13(12)21-8-9-1-4-11(17)5-2-9/h3,6-7,9,11H,1-2,4-5,8,17H2,(H,19,20)/t9-,11+. The molecule has 1 heterocycles. The van der Waals surface area contributed by atoms with Gasteiger partial charge in [-0.2, -0.15) is 0 Å². The highest BCUT2D eigenvalue weighted by atomic mass is 35.5. The molecule has 1 aliphatic carbocycles. The molecule has 22 heavy (non-hydrogen) atoms. The number of aromatic nitrogens is 2. The maximum absolute atomic E-state index is 11.0. The lowest BCUT2D eigenvalue weighted by Crippen LogP contribution is -2.28. The van der Waals surface area contributed by atoms with Crippen molar-refractivity contribution in [3.8, 4) is 17.2 Å². The van der Waals surface area contributed by atoms with Gasteiger partial charge in [-0.3, -0.25) is 0 Å². The third-order valence-electron chi connectivity index (χ3n) is 3.98. The molecular weight excluding hydrogens is 306 g/mol. The van der Waals surface area contributed by atoms with Crippen molar-refractivity contribution in [2.45, 2.75) is 31.7 Å². The smallest absolute Gasteiger partial charge is 0.434 e. The molecule has 0 atom stereocenters. The first-order chi connectivity index (χ1) is 10.6. The maximum Gasteiger partial charge on any atom is 0.434 e. The molecule has 3 rings (SSSR count). The van der Waals surface area contributed by atoms with Crippen LogP contribution in [-0.2, 0) is 0 Å². The molecule has 2 aromatic rings. The predicted molar refractivity (Wildman–Crippen MR) is 83.0 cm³/mol. The van der Waals surface area contributed by atoms with E-state index in [0.29, 0.717) is 34.9 Å². The van der Waals surface area contributed by atoms with Gasteiger partial charge in [-0.25, -0.2) is 9.89 Å². The third-order valence-corrected chi connectivity index (χ3v) is 4.29. The summed E-state index contributed by atoms with van der Waals surface area (Å²) < 4.78 is 10.8. The topological polar surface area (TPSA) is 94.1 Å². The summed E-state index contributed by atoms with van der Waals surface area (Å²) in [4.78, 5) is 11.0. The summed E-state index contributed by atoms with van der Waals surface area (Å²) in [5.74, 6) is 0.698. The van der Waals surface area contributed by atoms with E-state index >= 15 is 0 Å². The van der Waals surface area contributed by atoms with E-state index in [2.05, 4.69) is 10.2 Å². The van der Waals surface area contributed by atoms with Crippen LogP contribution in [-0.4, -0.2) is 22.8 Å². The van der Waals surface area contributed by atoms with Crippen molar-refractivity contribution in [3.05, 3.63) is 33.8 Å². The highest BCUT2D eigenvalue weighted by molar-refractivity contribution is 6.32. The van der Waals surface area contributed by atoms with Gasteiger partial charge in [-0.15, -0.1) is 5.10 Å². The number of nitrogens with two attached hydrogens (primary N) is 1. The van der Waals surface area contributed by atoms with E-state index in [4.69, 9.17) is 26.5 Å². The molecule has 0 spiro atoms. The van der Waals surface area contributed by atoms with E-state index < -0.39 is 5.76 Å². The van der Waals surface area contributed by atoms with E-state index in [9.17, 15) is 4.79 Å². The average molecular weight is 324 g/mol. The Hall–Kier alpha value is -1.79. The van der Waals surface area contributed by atoms with Gasteiger partial charge in [0.15, 0.2) is 0 Å². The molecule has 6 nitrogen and oxygen atoms in total. The van der Waals surface area contributed by atoms with Crippen molar-refractivity contribution in [1.82, 2.24) is 10.2 Å². The Morgan fingerprint density at radius 2 is 2.14 bits per heavy atom. The van der Waals surface area contributed by atoms with Crippen LogP contribution in [0.3, 0.4) is 0 Å². The summed E-state index contributed by atoms with van der Waals surface area (Å²) in [6.07, 6.45) is 4.24. The third kappa shape index (κ3) is 3.51. The molecule has 1 saturated carbocycles. The highest BCUT2D eigenvalue weighted by Crippen LogP contribution is 2.31. The summed E-state index contributed by atoms with van der Waals surface area (Å²) >= 11 is 6.16. The van der Waals surface area contributed by atoms with Crippen molar-refractivity contribution in [2.75, 3.05) is 6.61 Å². The van der Waals surface area contributed by atoms with E-state index in [0.717, 1.165) is 25.7 Å². The lowest BCUT2D eigenvalue weighted by atomic mass is 9.87. The number of benzene rings is 1. The van der Waals surface area contributed by atoms with Gasteiger partial charge in [-0.1, -0.05) is 11.6 Å². The molecule has 0 radical (unpaired) electrons. The number of rotatable bonds is 4. The molecule has 0 aliphatic heterocycles. The summed E-state index contributed by atoms with van der Waals surface area (Å²) in [5, 5.41) is 6.55. The highest BCUT2D eigenvalue weighted by Gasteiger charge is 2.19. The quantitative estimate of drug-likeness (QED) is 0.901. The molecule has 1 aromatic carbocycles. The lowest BCUT2D eigenvalue weighted by molar-refractivity contribution is 0.200. The van der Waals surface area contributed by atoms with Crippen molar-refractivity contribution in [3.63, 3.8) is 0 Å². The number of nitrogens with one attached hydrogen (secondary N) is 1. The Morgan fingerprint density at radius 3 is 2.82 bits per heavy atom. The van der Waals surface area contributed by atoms with Crippen LogP contribution in [0.1, 0.15) is 25.7 Å². The first-order valence-corrected chi connectivity index (χ1v) is 7.73. The zero-order valence-electron chi connectivity index (χ0n) is 12.0. The second kappa shape index (κ2) is 6.54. The van der Waals surface area contributed by atoms with Gasteiger partial charge >= 0.3 is 5.76 Å².